The van der Waals surface area contributed by atoms with Crippen molar-refractivity contribution in [1.29, 1.82) is 0 Å². The molecule has 5 unspecified atom stereocenters. The second-order valence-corrected chi connectivity index (χ2v) is 5.04. The van der Waals surface area contributed by atoms with Crippen molar-refractivity contribution >= 4 is 17.7 Å². The van der Waals surface area contributed by atoms with E-state index in [-0.39, 0.29) is 0 Å². The first-order valence-corrected chi connectivity index (χ1v) is 5.63. The Labute approximate surface area is 94.2 Å². The van der Waals surface area contributed by atoms with Gasteiger partial charge in [-0.05, 0) is 0 Å². The fourth-order valence-electron chi connectivity index (χ4n) is 3.47. The summed E-state index contributed by atoms with van der Waals surface area (Å²) in [6.45, 7) is 1.15. The molecule has 1 saturated heterocycles. The molecule has 0 radical (unpaired) electrons. The zero-order chi connectivity index (χ0) is 9.71. The first-order chi connectivity index (χ1) is 6.75. The van der Waals surface area contributed by atoms with Crippen LogP contribution in [-0.4, -0.2) is 30.3 Å². The standard InChI is InChI=1S/C11H15N2.Li/c12-9-4-7-2-1-3-10-11(7)8(5-9)6-13-10;/h1-4,7-8,10-11,13H,5-6,12H2;. The third kappa shape index (κ3) is 1.21. The van der Waals surface area contributed by atoms with E-state index in [4.69, 9.17) is 5.73 Å². The van der Waals surface area contributed by atoms with Crippen molar-refractivity contribution in [2.24, 2.45) is 23.5 Å². The molecule has 0 amide bonds. The molecule has 0 aromatic rings. The molecule has 0 bridgehead atoms. The van der Waals surface area contributed by atoms with E-state index in [0.29, 0.717) is 16.6 Å². The second-order valence-electron chi connectivity index (χ2n) is 5.04. The molecule has 5 atom stereocenters. The number of hydrogen-bond donors (Lipinski definition) is 2. The summed E-state index contributed by atoms with van der Waals surface area (Å²) in [4.78, 5) is 0. The predicted molar refractivity (Wildman–Crippen MR) is 57.8 cm³/mol. The molecule has 3 rings (SSSR count). The van der Waals surface area contributed by atoms with Crippen LogP contribution in [0.3, 0.4) is 0 Å². The van der Waals surface area contributed by atoms with E-state index in [1.807, 2.05) is 0 Å². The first kappa shape index (κ1) is 9.09. The molecule has 0 saturated carbocycles. The van der Waals surface area contributed by atoms with Crippen LogP contribution in [-0.2, 0) is 0 Å². The Morgan fingerprint density at radius 3 is 3.14 bits per heavy atom. The molecule has 2 nitrogen and oxygen atoms in total. The van der Waals surface area contributed by atoms with Gasteiger partial charge in [0.15, 0.2) is 0 Å². The first-order valence-electron chi connectivity index (χ1n) is 5.63. The Bertz CT molecular complexity index is 310. The van der Waals surface area contributed by atoms with Crippen LogP contribution in [0.1, 0.15) is 6.42 Å². The molecule has 14 heavy (non-hydrogen) atoms. The van der Waals surface area contributed by atoms with Gasteiger partial charge in [0.1, 0.15) is 0 Å². The van der Waals surface area contributed by atoms with E-state index in [1.165, 1.54) is 0 Å². The summed E-state index contributed by atoms with van der Waals surface area (Å²) in [6.07, 6.45) is 8.12. The van der Waals surface area contributed by atoms with Gasteiger partial charge in [0.25, 0.3) is 0 Å². The fraction of sp³-hybridized carbons (Fsp3) is 0.636. The number of allylic oxidation sites excluding steroid dienone is 3. The van der Waals surface area contributed by atoms with Gasteiger partial charge in [-0.15, -0.1) is 0 Å². The van der Waals surface area contributed by atoms with Crippen molar-refractivity contribution in [2.75, 3.05) is 6.54 Å². The molecule has 1 aliphatic heterocycles. The summed E-state index contributed by atoms with van der Waals surface area (Å²) in [5.74, 6) is 2.27. The molecule has 2 aliphatic carbocycles. The molecule has 0 aromatic heterocycles. The SMILES string of the molecule is [Li][CH]1C=CC2NCC3CC(N)=CC1C32. The summed E-state index contributed by atoms with van der Waals surface area (Å²) >= 11 is 2.31. The summed E-state index contributed by atoms with van der Waals surface area (Å²) in [7, 11) is 0. The van der Waals surface area contributed by atoms with Crippen LogP contribution >= 0.6 is 0 Å². The maximum absolute atomic E-state index is 6.00. The van der Waals surface area contributed by atoms with Crippen molar-refractivity contribution in [3.8, 4) is 0 Å². The van der Waals surface area contributed by atoms with Gasteiger partial charge in [-0.25, -0.2) is 0 Å². The van der Waals surface area contributed by atoms with Crippen LogP contribution in [0.25, 0.3) is 0 Å². The van der Waals surface area contributed by atoms with E-state index in [9.17, 15) is 0 Å². The summed E-state index contributed by atoms with van der Waals surface area (Å²) in [5, 5.41) is 3.60. The molecule has 3 heteroatoms. The molecule has 70 valence electrons. The Morgan fingerprint density at radius 1 is 1.43 bits per heavy atom. The zero-order valence-corrected chi connectivity index (χ0v) is 8.61. The molecule has 0 spiro atoms. The average Bonchev–Trinajstić information content (AvgIpc) is 2.55. The summed E-state index contributed by atoms with van der Waals surface area (Å²) in [5.41, 5.74) is 7.11. The van der Waals surface area contributed by atoms with Gasteiger partial charge in [-0.1, -0.05) is 0 Å². The zero-order valence-electron chi connectivity index (χ0n) is 8.61. The molecule has 3 N–H and O–H groups in total. The van der Waals surface area contributed by atoms with Gasteiger partial charge in [0.2, 0.25) is 0 Å². The Balaban J connectivity index is 2.01. The van der Waals surface area contributed by atoms with Crippen LogP contribution in [0.2, 0.25) is 4.59 Å². The van der Waals surface area contributed by atoms with Crippen molar-refractivity contribution in [3.63, 3.8) is 0 Å². The minimum atomic E-state index is 0.616. The van der Waals surface area contributed by atoms with E-state index >= 15 is 0 Å². The third-order valence-corrected chi connectivity index (χ3v) is 4.15. The van der Waals surface area contributed by atoms with Gasteiger partial charge in [0.05, 0.1) is 0 Å². The molecular weight excluding hydrogens is 167 g/mol. The summed E-state index contributed by atoms with van der Waals surface area (Å²) in [6, 6.07) is 0.616. The number of rotatable bonds is 0. The average molecular weight is 182 g/mol. The van der Waals surface area contributed by atoms with E-state index in [2.05, 4.69) is 41.3 Å². The minimum absolute atomic E-state index is 0.616. The van der Waals surface area contributed by atoms with Gasteiger partial charge < -0.3 is 0 Å². The van der Waals surface area contributed by atoms with Crippen molar-refractivity contribution < 1.29 is 0 Å². The number of nitrogens with two attached hydrogens (primary N) is 1. The Morgan fingerprint density at radius 2 is 2.29 bits per heavy atom. The third-order valence-electron chi connectivity index (χ3n) is 4.15. The van der Waals surface area contributed by atoms with Gasteiger partial charge >= 0.3 is 94.0 Å². The number of hydrogen-bond acceptors (Lipinski definition) is 2. The van der Waals surface area contributed by atoms with Gasteiger partial charge in [-0.3, -0.25) is 0 Å². The second kappa shape index (κ2) is 3.17. The molecule has 1 fully saturated rings. The van der Waals surface area contributed by atoms with Crippen LogP contribution in [0, 0.1) is 17.8 Å². The molecule has 1 heterocycles. The summed E-state index contributed by atoms with van der Waals surface area (Å²) < 4.78 is 0.664. The van der Waals surface area contributed by atoms with Crippen LogP contribution in [0.4, 0.5) is 0 Å². The topological polar surface area (TPSA) is 38.0 Å². The van der Waals surface area contributed by atoms with E-state index in [1.54, 1.807) is 0 Å². The Kier molecular flexibility index (Phi) is 2.06. The molecule has 3 aliphatic rings. The van der Waals surface area contributed by atoms with Crippen molar-refractivity contribution in [2.45, 2.75) is 17.1 Å². The monoisotopic (exact) mass is 182 g/mol. The van der Waals surface area contributed by atoms with Crippen molar-refractivity contribution in [3.05, 3.63) is 23.9 Å². The fourth-order valence-corrected chi connectivity index (χ4v) is 3.47. The van der Waals surface area contributed by atoms with Crippen LogP contribution < -0.4 is 11.1 Å². The Hall–Kier alpha value is -0.163. The van der Waals surface area contributed by atoms with E-state index in [0.717, 1.165) is 30.5 Å². The number of nitrogens with one attached hydrogen (secondary N) is 1. The quantitative estimate of drug-likeness (QED) is 0.425. The molecule has 0 aromatic carbocycles. The van der Waals surface area contributed by atoms with Gasteiger partial charge in [0, 0.05) is 0 Å². The van der Waals surface area contributed by atoms with Gasteiger partial charge in [-0.2, -0.15) is 0 Å². The van der Waals surface area contributed by atoms with Crippen LogP contribution in [0.5, 0.6) is 0 Å². The van der Waals surface area contributed by atoms with E-state index < -0.39 is 0 Å². The molecular formula is C11H15LiN2. The maximum atomic E-state index is 6.00. The predicted octanol–water partition coefficient (Wildman–Crippen LogP) is 0.580. The van der Waals surface area contributed by atoms with Crippen molar-refractivity contribution in [1.82, 2.24) is 5.32 Å². The normalized spacial score (nSPS) is 50.1. The van der Waals surface area contributed by atoms with Crippen LogP contribution in [0.15, 0.2) is 23.9 Å².